The van der Waals surface area contributed by atoms with E-state index in [1.807, 2.05) is 0 Å². The molecule has 122 valence electrons. The molecular weight excluding hydrogens is 260 g/mol. The highest BCUT2D eigenvalue weighted by molar-refractivity contribution is 4.99. The van der Waals surface area contributed by atoms with E-state index in [1.165, 1.54) is 77.3 Å². The van der Waals surface area contributed by atoms with Crippen molar-refractivity contribution in [2.75, 3.05) is 26.2 Å². The summed E-state index contributed by atoms with van der Waals surface area (Å²) in [6.45, 7) is 6.84. The molecule has 1 atom stereocenters. The average molecular weight is 294 g/mol. The van der Waals surface area contributed by atoms with E-state index in [-0.39, 0.29) is 0 Å². The molecule has 0 radical (unpaired) electrons. The van der Waals surface area contributed by atoms with Crippen molar-refractivity contribution in [2.45, 2.75) is 88.8 Å². The van der Waals surface area contributed by atoms with Gasteiger partial charge >= 0.3 is 0 Å². The fraction of sp³-hybridized carbons (Fsp3) is 1.00. The maximum absolute atomic E-state index is 6.11. The molecule has 0 aromatic carbocycles. The van der Waals surface area contributed by atoms with E-state index in [4.69, 9.17) is 4.74 Å². The Bertz CT molecular complexity index is 308. The van der Waals surface area contributed by atoms with Gasteiger partial charge in [-0.1, -0.05) is 39.0 Å². The van der Waals surface area contributed by atoms with Crippen molar-refractivity contribution in [3.63, 3.8) is 0 Å². The largest absolute Gasteiger partial charge is 0.377 e. The van der Waals surface area contributed by atoms with Gasteiger partial charge in [-0.3, -0.25) is 4.90 Å². The first kappa shape index (κ1) is 15.8. The van der Waals surface area contributed by atoms with Crippen molar-refractivity contribution < 1.29 is 4.74 Å². The molecule has 1 N–H and O–H groups in total. The van der Waals surface area contributed by atoms with Crippen LogP contribution in [0, 0.1) is 0 Å². The number of ether oxygens (including phenoxy) is 1. The van der Waals surface area contributed by atoms with Crippen LogP contribution in [0.3, 0.4) is 0 Å². The van der Waals surface area contributed by atoms with Crippen molar-refractivity contribution in [1.82, 2.24) is 10.2 Å². The minimum absolute atomic E-state index is 0.428. The Hall–Kier alpha value is -0.120. The topological polar surface area (TPSA) is 24.5 Å². The first-order valence-corrected chi connectivity index (χ1v) is 9.42. The van der Waals surface area contributed by atoms with Crippen LogP contribution in [0.5, 0.6) is 0 Å². The molecule has 1 unspecified atom stereocenters. The quantitative estimate of drug-likeness (QED) is 0.842. The van der Waals surface area contributed by atoms with Gasteiger partial charge in [0, 0.05) is 31.2 Å². The predicted octanol–water partition coefficient (Wildman–Crippen LogP) is 3.33. The van der Waals surface area contributed by atoms with Crippen LogP contribution in [0.15, 0.2) is 0 Å². The van der Waals surface area contributed by atoms with Crippen molar-refractivity contribution in [2.24, 2.45) is 0 Å². The summed E-state index contributed by atoms with van der Waals surface area (Å²) >= 11 is 0. The summed E-state index contributed by atoms with van der Waals surface area (Å²) in [4.78, 5) is 2.73. The molecule has 1 saturated heterocycles. The molecule has 3 nitrogen and oxygen atoms in total. The summed E-state index contributed by atoms with van der Waals surface area (Å²) in [6, 6.07) is 0.713. The number of piperazine rings is 1. The zero-order valence-electron chi connectivity index (χ0n) is 13.9. The van der Waals surface area contributed by atoms with E-state index in [2.05, 4.69) is 17.1 Å². The second-order valence-electron chi connectivity index (χ2n) is 7.53. The Labute approximate surface area is 130 Å². The molecule has 2 saturated carbocycles. The minimum Gasteiger partial charge on any atom is -0.377 e. The molecule has 3 aliphatic rings. The lowest BCUT2D eigenvalue weighted by molar-refractivity contribution is 0.00374. The Morgan fingerprint density at radius 1 is 1.10 bits per heavy atom. The summed E-state index contributed by atoms with van der Waals surface area (Å²) in [5.41, 5.74) is 0.428. The smallest absolute Gasteiger partial charge is 0.0597 e. The third-order valence-corrected chi connectivity index (χ3v) is 6.05. The standard InChI is InChI=1S/C18H34N2O/c1-2-16-14-19-18(10-6-3-7-11-18)15-20(16)12-13-21-17-8-4-5-9-17/h16-17,19H,2-15H2,1H3. The molecule has 0 bridgehead atoms. The molecule has 0 amide bonds. The molecule has 3 fully saturated rings. The van der Waals surface area contributed by atoms with Crippen LogP contribution in [-0.2, 0) is 4.74 Å². The summed E-state index contributed by atoms with van der Waals surface area (Å²) in [5.74, 6) is 0. The van der Waals surface area contributed by atoms with Gasteiger partial charge in [0.05, 0.1) is 12.7 Å². The first-order valence-electron chi connectivity index (χ1n) is 9.42. The number of nitrogens with zero attached hydrogens (tertiary/aromatic N) is 1. The fourth-order valence-corrected chi connectivity index (χ4v) is 4.66. The van der Waals surface area contributed by atoms with Gasteiger partial charge in [-0.25, -0.2) is 0 Å². The monoisotopic (exact) mass is 294 g/mol. The maximum Gasteiger partial charge on any atom is 0.0597 e. The van der Waals surface area contributed by atoms with E-state index in [1.54, 1.807) is 0 Å². The Kier molecular flexibility index (Phi) is 5.58. The SMILES string of the molecule is CCC1CNC2(CCCCC2)CN1CCOC1CCCC1. The van der Waals surface area contributed by atoms with Crippen LogP contribution in [0.1, 0.15) is 71.1 Å². The van der Waals surface area contributed by atoms with Crippen LogP contribution in [-0.4, -0.2) is 48.8 Å². The lowest BCUT2D eigenvalue weighted by Gasteiger charge is -2.49. The molecule has 0 aromatic heterocycles. The second-order valence-corrected chi connectivity index (χ2v) is 7.53. The van der Waals surface area contributed by atoms with Gasteiger partial charge in [0.1, 0.15) is 0 Å². The third-order valence-electron chi connectivity index (χ3n) is 6.05. The summed E-state index contributed by atoms with van der Waals surface area (Å²) in [5, 5.41) is 3.91. The van der Waals surface area contributed by atoms with Crippen molar-refractivity contribution in [3.05, 3.63) is 0 Å². The molecule has 3 rings (SSSR count). The second kappa shape index (κ2) is 7.43. The average Bonchev–Trinajstić information content (AvgIpc) is 3.02. The maximum atomic E-state index is 6.11. The van der Waals surface area contributed by atoms with E-state index < -0.39 is 0 Å². The first-order chi connectivity index (χ1) is 10.3. The van der Waals surface area contributed by atoms with Gasteiger partial charge in [0.15, 0.2) is 0 Å². The minimum atomic E-state index is 0.428. The lowest BCUT2D eigenvalue weighted by atomic mass is 9.79. The van der Waals surface area contributed by atoms with E-state index in [9.17, 15) is 0 Å². The summed E-state index contributed by atoms with van der Waals surface area (Å²) in [6.07, 6.45) is 14.2. The number of rotatable bonds is 5. The number of hydrogen-bond acceptors (Lipinski definition) is 3. The van der Waals surface area contributed by atoms with E-state index in [0.717, 1.165) is 13.2 Å². The van der Waals surface area contributed by atoms with E-state index >= 15 is 0 Å². The van der Waals surface area contributed by atoms with Crippen LogP contribution >= 0.6 is 0 Å². The molecule has 21 heavy (non-hydrogen) atoms. The van der Waals surface area contributed by atoms with Crippen molar-refractivity contribution >= 4 is 0 Å². The van der Waals surface area contributed by atoms with Gasteiger partial charge in [0.2, 0.25) is 0 Å². The van der Waals surface area contributed by atoms with Gasteiger partial charge in [-0.2, -0.15) is 0 Å². The lowest BCUT2D eigenvalue weighted by Crippen LogP contribution is -2.65. The highest BCUT2D eigenvalue weighted by Gasteiger charge is 2.39. The summed E-state index contributed by atoms with van der Waals surface area (Å²) in [7, 11) is 0. The molecule has 0 aromatic rings. The fourth-order valence-electron chi connectivity index (χ4n) is 4.66. The van der Waals surface area contributed by atoms with Gasteiger partial charge in [-0.15, -0.1) is 0 Å². The van der Waals surface area contributed by atoms with E-state index in [0.29, 0.717) is 17.7 Å². The van der Waals surface area contributed by atoms with Crippen molar-refractivity contribution in [3.8, 4) is 0 Å². The highest BCUT2D eigenvalue weighted by Crippen LogP contribution is 2.32. The molecular formula is C18H34N2O. The number of nitrogens with one attached hydrogen (secondary N) is 1. The van der Waals surface area contributed by atoms with Crippen LogP contribution < -0.4 is 5.32 Å². The van der Waals surface area contributed by atoms with Gasteiger partial charge in [-0.05, 0) is 32.1 Å². The third kappa shape index (κ3) is 4.00. The Morgan fingerprint density at radius 2 is 1.86 bits per heavy atom. The highest BCUT2D eigenvalue weighted by atomic mass is 16.5. The normalized spacial score (nSPS) is 31.0. The molecule has 1 heterocycles. The Morgan fingerprint density at radius 3 is 2.57 bits per heavy atom. The Balaban J connectivity index is 1.49. The zero-order chi connectivity index (χ0) is 14.5. The molecule has 1 spiro atoms. The van der Waals surface area contributed by atoms with Gasteiger partial charge in [0.25, 0.3) is 0 Å². The zero-order valence-corrected chi connectivity index (χ0v) is 13.9. The molecule has 1 aliphatic heterocycles. The van der Waals surface area contributed by atoms with Crippen LogP contribution in [0.25, 0.3) is 0 Å². The predicted molar refractivity (Wildman–Crippen MR) is 87.7 cm³/mol. The molecule has 3 heteroatoms. The van der Waals surface area contributed by atoms with Crippen LogP contribution in [0.4, 0.5) is 0 Å². The van der Waals surface area contributed by atoms with Gasteiger partial charge < -0.3 is 10.1 Å². The number of hydrogen-bond donors (Lipinski definition) is 1. The van der Waals surface area contributed by atoms with Crippen molar-refractivity contribution in [1.29, 1.82) is 0 Å². The van der Waals surface area contributed by atoms with Crippen LogP contribution in [0.2, 0.25) is 0 Å². The summed E-state index contributed by atoms with van der Waals surface area (Å²) < 4.78 is 6.11. The molecule has 2 aliphatic carbocycles.